The molecular formula is C22H16O3. The highest BCUT2D eigenvalue weighted by atomic mass is 16.6. The van der Waals surface area contributed by atoms with Gasteiger partial charge in [-0.15, -0.1) is 0 Å². The number of cyclic esters (lactones) is 2. The van der Waals surface area contributed by atoms with Gasteiger partial charge in [0.25, 0.3) is 0 Å². The van der Waals surface area contributed by atoms with Crippen molar-refractivity contribution >= 4 is 17.5 Å². The highest BCUT2D eigenvalue weighted by Crippen LogP contribution is 2.57. The fraction of sp³-hybridized carbons (Fsp3) is 0.182. The fourth-order valence-corrected chi connectivity index (χ4v) is 4.55. The van der Waals surface area contributed by atoms with E-state index in [1.165, 1.54) is 5.57 Å². The van der Waals surface area contributed by atoms with Crippen LogP contribution in [0.1, 0.15) is 17.5 Å². The van der Waals surface area contributed by atoms with Gasteiger partial charge in [-0.25, -0.2) is 0 Å². The van der Waals surface area contributed by atoms with Crippen LogP contribution in [0.2, 0.25) is 0 Å². The van der Waals surface area contributed by atoms with E-state index in [-0.39, 0.29) is 23.7 Å². The standard InChI is InChI=1S/C22H16O3/c23-21-17-12-15-11-16(20(17)19(15)22(24)25-21)18(13-7-3-1-4-8-13)14-9-5-2-6-10-14/h1-10,12,17,19-20H,11H2/t17?,19-,20-/m0/s1. The minimum absolute atomic E-state index is 0.0841. The minimum Gasteiger partial charge on any atom is -0.392 e. The third-order valence-electron chi connectivity index (χ3n) is 5.51. The molecule has 2 aliphatic carbocycles. The summed E-state index contributed by atoms with van der Waals surface area (Å²) >= 11 is 0. The van der Waals surface area contributed by atoms with E-state index >= 15 is 0 Å². The van der Waals surface area contributed by atoms with Crippen LogP contribution in [0.4, 0.5) is 0 Å². The number of esters is 2. The monoisotopic (exact) mass is 328 g/mol. The van der Waals surface area contributed by atoms with Gasteiger partial charge in [-0.2, -0.15) is 0 Å². The average Bonchev–Trinajstić information content (AvgIpc) is 3.16. The van der Waals surface area contributed by atoms with Crippen LogP contribution in [0.25, 0.3) is 5.57 Å². The lowest BCUT2D eigenvalue weighted by atomic mass is 9.78. The van der Waals surface area contributed by atoms with Crippen molar-refractivity contribution in [3.63, 3.8) is 0 Å². The van der Waals surface area contributed by atoms with Crippen molar-refractivity contribution in [1.29, 1.82) is 0 Å². The Hall–Kier alpha value is -2.94. The molecule has 1 heterocycles. The summed E-state index contributed by atoms with van der Waals surface area (Å²) < 4.78 is 4.94. The Morgan fingerprint density at radius 2 is 1.44 bits per heavy atom. The van der Waals surface area contributed by atoms with Crippen LogP contribution in [0.5, 0.6) is 0 Å². The minimum atomic E-state index is -0.404. The molecule has 1 saturated carbocycles. The maximum Gasteiger partial charge on any atom is 0.321 e. The van der Waals surface area contributed by atoms with Crippen LogP contribution in [0.15, 0.2) is 77.9 Å². The SMILES string of the molecule is O=C1OC(=O)[C@H]2C3=CC1[C@@H]2C(=C(c1ccccc1)c1ccccc1)C3. The molecule has 0 aromatic heterocycles. The van der Waals surface area contributed by atoms with Crippen molar-refractivity contribution in [2.45, 2.75) is 6.42 Å². The van der Waals surface area contributed by atoms with Crippen molar-refractivity contribution in [1.82, 2.24) is 0 Å². The molecule has 4 bridgehead atoms. The van der Waals surface area contributed by atoms with Gasteiger partial charge in [0.15, 0.2) is 0 Å². The van der Waals surface area contributed by atoms with E-state index in [0.717, 1.165) is 28.7 Å². The van der Waals surface area contributed by atoms with Crippen molar-refractivity contribution in [2.24, 2.45) is 17.8 Å². The number of hydrogen-bond acceptors (Lipinski definition) is 3. The Morgan fingerprint density at radius 1 is 0.840 bits per heavy atom. The van der Waals surface area contributed by atoms with Crippen molar-refractivity contribution in [3.8, 4) is 0 Å². The van der Waals surface area contributed by atoms with E-state index in [4.69, 9.17) is 4.74 Å². The lowest BCUT2D eigenvalue weighted by Gasteiger charge is -2.28. The highest BCUT2D eigenvalue weighted by molar-refractivity contribution is 5.99. The zero-order chi connectivity index (χ0) is 17.0. The number of carbonyl (C=O) groups is 2. The zero-order valence-corrected chi connectivity index (χ0v) is 13.5. The summed E-state index contributed by atoms with van der Waals surface area (Å²) in [7, 11) is 0. The van der Waals surface area contributed by atoms with Gasteiger partial charge in [0, 0.05) is 5.92 Å². The molecule has 5 rings (SSSR count). The number of carbonyl (C=O) groups excluding carboxylic acids is 2. The summed E-state index contributed by atoms with van der Waals surface area (Å²) in [5, 5.41) is 0. The summed E-state index contributed by atoms with van der Waals surface area (Å²) in [5.74, 6) is -1.47. The summed E-state index contributed by atoms with van der Waals surface area (Å²) in [6.07, 6.45) is 2.70. The normalized spacial score (nSPS) is 26.5. The average molecular weight is 328 g/mol. The Labute approximate surface area is 145 Å². The molecule has 3 aliphatic rings. The lowest BCUT2D eigenvalue weighted by molar-refractivity contribution is -0.169. The first kappa shape index (κ1) is 14.4. The second-order valence-corrected chi connectivity index (χ2v) is 6.82. The van der Waals surface area contributed by atoms with Crippen LogP contribution >= 0.6 is 0 Å². The number of benzene rings is 2. The van der Waals surface area contributed by atoms with Crippen LogP contribution in [0, 0.1) is 17.8 Å². The Balaban J connectivity index is 1.74. The molecule has 1 unspecified atom stereocenters. The van der Waals surface area contributed by atoms with Crippen LogP contribution in [-0.4, -0.2) is 11.9 Å². The number of allylic oxidation sites excluding steroid dienone is 1. The van der Waals surface area contributed by atoms with Crippen molar-refractivity contribution in [2.75, 3.05) is 0 Å². The maximum absolute atomic E-state index is 12.3. The van der Waals surface area contributed by atoms with Gasteiger partial charge < -0.3 is 4.74 Å². The molecule has 0 spiro atoms. The predicted octanol–water partition coefficient (Wildman–Crippen LogP) is 3.76. The second kappa shape index (κ2) is 5.28. The van der Waals surface area contributed by atoms with Gasteiger partial charge in [0.05, 0.1) is 11.8 Å². The zero-order valence-electron chi connectivity index (χ0n) is 13.5. The fourth-order valence-electron chi connectivity index (χ4n) is 4.55. The van der Waals surface area contributed by atoms with Crippen LogP contribution < -0.4 is 0 Å². The van der Waals surface area contributed by atoms with E-state index in [1.54, 1.807) is 0 Å². The largest absolute Gasteiger partial charge is 0.392 e. The molecule has 3 heteroatoms. The van der Waals surface area contributed by atoms with Crippen molar-refractivity contribution < 1.29 is 14.3 Å². The molecule has 2 aromatic rings. The maximum atomic E-state index is 12.3. The van der Waals surface area contributed by atoms with Gasteiger partial charge in [-0.3, -0.25) is 9.59 Å². The molecule has 3 atom stereocenters. The quantitative estimate of drug-likeness (QED) is 0.479. The predicted molar refractivity (Wildman–Crippen MR) is 93.2 cm³/mol. The molecule has 0 amide bonds. The van der Waals surface area contributed by atoms with Gasteiger partial charge in [0.2, 0.25) is 0 Å². The Morgan fingerprint density at radius 3 is 2.04 bits per heavy atom. The summed E-state index contributed by atoms with van der Waals surface area (Å²) in [6.45, 7) is 0. The molecule has 122 valence electrons. The molecule has 1 aliphatic heterocycles. The van der Waals surface area contributed by atoms with Crippen LogP contribution in [-0.2, 0) is 14.3 Å². The smallest absolute Gasteiger partial charge is 0.321 e. The van der Waals surface area contributed by atoms with Crippen molar-refractivity contribution in [3.05, 3.63) is 89.0 Å². The van der Waals surface area contributed by atoms with Gasteiger partial charge in [0.1, 0.15) is 0 Å². The Bertz CT molecular complexity index is 896. The molecule has 2 aromatic carbocycles. The van der Waals surface area contributed by atoms with Gasteiger partial charge in [-0.1, -0.05) is 77.9 Å². The third-order valence-corrected chi connectivity index (χ3v) is 5.51. The molecule has 1 saturated heterocycles. The summed E-state index contributed by atoms with van der Waals surface area (Å²) in [4.78, 5) is 24.4. The molecule has 0 radical (unpaired) electrons. The van der Waals surface area contributed by atoms with Gasteiger partial charge >= 0.3 is 11.9 Å². The Kier molecular flexibility index (Phi) is 3.04. The van der Waals surface area contributed by atoms with E-state index in [9.17, 15) is 9.59 Å². The van der Waals surface area contributed by atoms with E-state index in [2.05, 4.69) is 24.3 Å². The molecule has 25 heavy (non-hydrogen) atoms. The molecule has 2 fully saturated rings. The topological polar surface area (TPSA) is 43.4 Å². The second-order valence-electron chi connectivity index (χ2n) is 6.82. The van der Waals surface area contributed by atoms with Crippen LogP contribution in [0.3, 0.4) is 0 Å². The van der Waals surface area contributed by atoms with E-state index < -0.39 is 5.97 Å². The summed E-state index contributed by atoms with van der Waals surface area (Å²) in [5.41, 5.74) is 5.62. The first-order valence-electron chi connectivity index (χ1n) is 8.54. The number of rotatable bonds is 2. The molecular weight excluding hydrogens is 312 g/mol. The number of ether oxygens (including phenoxy) is 1. The number of hydrogen-bond donors (Lipinski definition) is 0. The third kappa shape index (κ3) is 2.05. The van der Waals surface area contributed by atoms with E-state index in [1.807, 2.05) is 42.5 Å². The highest BCUT2D eigenvalue weighted by Gasteiger charge is 2.57. The lowest BCUT2D eigenvalue weighted by Crippen LogP contribution is -2.37. The first-order valence-corrected chi connectivity index (χ1v) is 8.54. The van der Waals surface area contributed by atoms with E-state index in [0.29, 0.717) is 0 Å². The van der Waals surface area contributed by atoms with Gasteiger partial charge in [-0.05, 0) is 23.1 Å². The molecule has 0 N–H and O–H groups in total. The first-order chi connectivity index (χ1) is 12.2. The molecule has 3 nitrogen and oxygen atoms in total. The summed E-state index contributed by atoms with van der Waals surface area (Å²) in [6, 6.07) is 20.4.